The van der Waals surface area contributed by atoms with E-state index in [2.05, 4.69) is 47.0 Å². The molecule has 2 saturated heterocycles. The lowest BCUT2D eigenvalue weighted by Gasteiger charge is -2.36. The van der Waals surface area contributed by atoms with Crippen molar-refractivity contribution in [2.45, 2.75) is 38.6 Å². The van der Waals surface area contributed by atoms with Gasteiger partial charge in [-0.1, -0.05) is 29.8 Å². The van der Waals surface area contributed by atoms with Crippen molar-refractivity contribution in [2.24, 2.45) is 5.92 Å². The lowest BCUT2D eigenvalue weighted by Crippen LogP contribution is -2.46. The molecule has 4 rings (SSSR count). The van der Waals surface area contributed by atoms with Crippen LogP contribution in [0.25, 0.3) is 0 Å². The lowest BCUT2D eigenvalue weighted by molar-refractivity contribution is 0.0669. The molecule has 2 aromatic rings. The highest BCUT2D eigenvalue weighted by Crippen LogP contribution is 2.33. The second-order valence-corrected chi connectivity index (χ2v) is 7.89. The minimum Gasteiger partial charge on any atom is -0.339 e. The van der Waals surface area contributed by atoms with Crippen molar-refractivity contribution in [3.8, 4) is 0 Å². The minimum atomic E-state index is 0.117. The lowest BCUT2D eigenvalue weighted by atomic mass is 9.80. The molecule has 2 unspecified atom stereocenters. The Balaban J connectivity index is 1.41. The molecule has 1 amide bonds. The molecule has 2 aliphatic rings. The van der Waals surface area contributed by atoms with E-state index in [0.29, 0.717) is 17.9 Å². The average molecular weight is 364 g/mol. The molecule has 142 valence electrons. The number of amides is 1. The number of carbonyl (C=O) groups excluding carboxylic acids is 1. The molecule has 1 aromatic heterocycles. The topological polar surface area (TPSA) is 57.3 Å². The Labute approximate surface area is 161 Å². The number of carbonyl (C=O) groups is 1. The van der Waals surface area contributed by atoms with Gasteiger partial charge < -0.3 is 4.90 Å². The molecule has 2 atom stereocenters. The molecule has 27 heavy (non-hydrogen) atoms. The Morgan fingerprint density at radius 2 is 2.00 bits per heavy atom. The molecule has 0 radical (unpaired) electrons. The molecule has 1 aromatic carbocycles. The van der Waals surface area contributed by atoms with Crippen LogP contribution in [0.2, 0.25) is 0 Å². The van der Waals surface area contributed by atoms with Crippen LogP contribution in [-0.4, -0.2) is 41.5 Å². The average Bonchev–Trinajstić information content (AvgIpc) is 3.18. The van der Waals surface area contributed by atoms with E-state index in [9.17, 15) is 4.79 Å². The van der Waals surface area contributed by atoms with Crippen LogP contribution < -0.4 is 10.9 Å². The second kappa shape index (κ2) is 7.79. The highest BCUT2D eigenvalue weighted by Gasteiger charge is 2.37. The van der Waals surface area contributed by atoms with Gasteiger partial charge in [-0.05, 0) is 49.8 Å². The van der Waals surface area contributed by atoms with Crippen molar-refractivity contribution in [3.05, 3.63) is 65.0 Å². The van der Waals surface area contributed by atoms with Crippen molar-refractivity contribution >= 4 is 5.91 Å². The first-order valence-electron chi connectivity index (χ1n) is 9.88. The van der Waals surface area contributed by atoms with Gasteiger partial charge in [0.1, 0.15) is 0 Å². The fourth-order valence-corrected chi connectivity index (χ4v) is 4.51. The van der Waals surface area contributed by atoms with Gasteiger partial charge in [0, 0.05) is 44.0 Å². The SMILES string of the molecule is Cc1cccc(C2CNNC2C2CCN(C(=O)c3cnccc3C)CC2)c1. The van der Waals surface area contributed by atoms with E-state index in [1.165, 1.54) is 11.1 Å². The largest absolute Gasteiger partial charge is 0.339 e. The maximum Gasteiger partial charge on any atom is 0.255 e. The van der Waals surface area contributed by atoms with Crippen molar-refractivity contribution < 1.29 is 4.79 Å². The van der Waals surface area contributed by atoms with E-state index < -0.39 is 0 Å². The van der Waals surface area contributed by atoms with Crippen LogP contribution in [0.3, 0.4) is 0 Å². The number of likely N-dealkylation sites (tertiary alicyclic amines) is 1. The number of aromatic nitrogens is 1. The highest BCUT2D eigenvalue weighted by molar-refractivity contribution is 5.95. The molecule has 0 aliphatic carbocycles. The van der Waals surface area contributed by atoms with Gasteiger partial charge >= 0.3 is 0 Å². The van der Waals surface area contributed by atoms with E-state index in [0.717, 1.165) is 43.6 Å². The molecule has 2 fully saturated rings. The summed E-state index contributed by atoms with van der Waals surface area (Å²) in [4.78, 5) is 18.9. The Morgan fingerprint density at radius 3 is 2.74 bits per heavy atom. The zero-order chi connectivity index (χ0) is 18.8. The van der Waals surface area contributed by atoms with Gasteiger partial charge in [-0.3, -0.25) is 20.6 Å². The Hall–Kier alpha value is -2.24. The molecule has 2 N–H and O–H groups in total. The zero-order valence-electron chi connectivity index (χ0n) is 16.1. The van der Waals surface area contributed by atoms with Gasteiger partial charge in [-0.25, -0.2) is 0 Å². The number of hydrogen-bond donors (Lipinski definition) is 2. The van der Waals surface area contributed by atoms with Gasteiger partial charge in [-0.2, -0.15) is 0 Å². The predicted octanol–water partition coefficient (Wildman–Crippen LogP) is 2.81. The highest BCUT2D eigenvalue weighted by atomic mass is 16.2. The summed E-state index contributed by atoms with van der Waals surface area (Å²) < 4.78 is 0. The fourth-order valence-electron chi connectivity index (χ4n) is 4.51. The third-order valence-electron chi connectivity index (χ3n) is 6.10. The van der Waals surface area contributed by atoms with Crippen molar-refractivity contribution in [2.75, 3.05) is 19.6 Å². The summed E-state index contributed by atoms with van der Waals surface area (Å²) >= 11 is 0. The van der Waals surface area contributed by atoms with Crippen LogP contribution in [0.4, 0.5) is 0 Å². The van der Waals surface area contributed by atoms with Crippen LogP contribution in [0.15, 0.2) is 42.7 Å². The Morgan fingerprint density at radius 1 is 1.19 bits per heavy atom. The van der Waals surface area contributed by atoms with E-state index in [4.69, 9.17) is 0 Å². The molecule has 3 heterocycles. The first kappa shape index (κ1) is 18.1. The van der Waals surface area contributed by atoms with E-state index >= 15 is 0 Å². The van der Waals surface area contributed by atoms with Crippen LogP contribution >= 0.6 is 0 Å². The van der Waals surface area contributed by atoms with E-state index in [1.807, 2.05) is 17.9 Å². The number of hydrazine groups is 1. The number of hydrogen-bond acceptors (Lipinski definition) is 4. The standard InChI is InChI=1S/C22H28N4O/c1-15-4-3-5-18(12-15)20-14-24-25-21(20)17-7-10-26(11-8-17)22(27)19-13-23-9-6-16(19)2/h3-6,9,12-13,17,20-21,24-25H,7-8,10-11,14H2,1-2H3. The zero-order valence-corrected chi connectivity index (χ0v) is 16.1. The van der Waals surface area contributed by atoms with Crippen molar-refractivity contribution in [1.82, 2.24) is 20.7 Å². The van der Waals surface area contributed by atoms with Crippen LogP contribution in [0.5, 0.6) is 0 Å². The number of aryl methyl sites for hydroxylation is 2. The van der Waals surface area contributed by atoms with E-state index in [-0.39, 0.29) is 5.91 Å². The summed E-state index contributed by atoms with van der Waals surface area (Å²) in [5, 5.41) is 0. The molecule has 0 bridgehead atoms. The fraction of sp³-hybridized carbons (Fsp3) is 0.455. The number of benzene rings is 1. The van der Waals surface area contributed by atoms with Gasteiger partial charge in [0.15, 0.2) is 0 Å². The molecule has 0 saturated carbocycles. The molecule has 0 spiro atoms. The first-order valence-corrected chi connectivity index (χ1v) is 9.88. The smallest absolute Gasteiger partial charge is 0.255 e. The molecule has 2 aliphatic heterocycles. The summed E-state index contributed by atoms with van der Waals surface area (Å²) in [6, 6.07) is 11.2. The maximum atomic E-state index is 12.8. The monoisotopic (exact) mass is 364 g/mol. The normalized spacial score (nSPS) is 23.6. The summed E-state index contributed by atoms with van der Waals surface area (Å²) in [5.74, 6) is 1.18. The van der Waals surface area contributed by atoms with Gasteiger partial charge in [0.05, 0.1) is 5.56 Å². The van der Waals surface area contributed by atoms with Crippen LogP contribution in [0.1, 0.15) is 45.8 Å². The Bertz CT molecular complexity index is 813. The summed E-state index contributed by atoms with van der Waals surface area (Å²) in [5.41, 5.74) is 11.3. The maximum absolute atomic E-state index is 12.8. The summed E-state index contributed by atoms with van der Waals surface area (Å²) in [6.45, 7) is 6.72. The predicted molar refractivity (Wildman–Crippen MR) is 106 cm³/mol. The number of nitrogens with one attached hydrogen (secondary N) is 2. The number of piperidine rings is 1. The molecular weight excluding hydrogens is 336 g/mol. The third-order valence-corrected chi connectivity index (χ3v) is 6.10. The minimum absolute atomic E-state index is 0.117. The van der Waals surface area contributed by atoms with Crippen molar-refractivity contribution in [3.63, 3.8) is 0 Å². The van der Waals surface area contributed by atoms with Gasteiger partial charge in [0.2, 0.25) is 0 Å². The molecule has 5 nitrogen and oxygen atoms in total. The van der Waals surface area contributed by atoms with Gasteiger partial charge in [0.25, 0.3) is 5.91 Å². The molecular formula is C22H28N4O. The summed E-state index contributed by atoms with van der Waals surface area (Å²) in [7, 11) is 0. The number of pyridine rings is 1. The number of nitrogens with zero attached hydrogens (tertiary/aromatic N) is 2. The first-order chi connectivity index (χ1) is 13.1. The Kier molecular flexibility index (Phi) is 5.23. The third kappa shape index (κ3) is 3.75. The van der Waals surface area contributed by atoms with E-state index in [1.54, 1.807) is 12.4 Å². The van der Waals surface area contributed by atoms with Gasteiger partial charge in [-0.15, -0.1) is 0 Å². The quantitative estimate of drug-likeness (QED) is 0.879. The van der Waals surface area contributed by atoms with Crippen LogP contribution in [-0.2, 0) is 0 Å². The summed E-state index contributed by atoms with van der Waals surface area (Å²) in [6.07, 6.45) is 5.50. The molecule has 5 heteroatoms. The van der Waals surface area contributed by atoms with Crippen LogP contribution in [0, 0.1) is 19.8 Å². The number of rotatable bonds is 3. The second-order valence-electron chi connectivity index (χ2n) is 7.89. The van der Waals surface area contributed by atoms with Crippen molar-refractivity contribution in [1.29, 1.82) is 0 Å².